The third-order valence-electron chi connectivity index (χ3n) is 2.20. The molecule has 0 radical (unpaired) electrons. The van der Waals surface area contributed by atoms with E-state index >= 15 is 0 Å². The van der Waals surface area contributed by atoms with Crippen molar-refractivity contribution in [3.8, 4) is 11.5 Å². The molecule has 0 unspecified atom stereocenters. The predicted octanol–water partition coefficient (Wildman–Crippen LogP) is 2.75. The van der Waals surface area contributed by atoms with Crippen molar-refractivity contribution in [1.82, 2.24) is 19.7 Å². The van der Waals surface area contributed by atoms with Gasteiger partial charge in [0.05, 0.1) is 0 Å². The number of hydrogen-bond acceptors (Lipinski definition) is 3. The van der Waals surface area contributed by atoms with Gasteiger partial charge in [-0.2, -0.15) is 5.10 Å². The van der Waals surface area contributed by atoms with Crippen LogP contribution in [-0.4, -0.2) is 19.7 Å². The standard InChI is InChI=1S/C10H10Cl2N4/c1-3-6-8(11)13-10(14-9(6)12)7-4-5-16(2)15-7/h4-5H,3H2,1-2H3. The molecule has 4 nitrogen and oxygen atoms in total. The molecule has 0 aliphatic rings. The molecule has 16 heavy (non-hydrogen) atoms. The van der Waals surface area contributed by atoms with Crippen LogP contribution < -0.4 is 0 Å². The number of aromatic nitrogens is 4. The van der Waals surface area contributed by atoms with Crippen molar-refractivity contribution in [2.75, 3.05) is 0 Å². The van der Waals surface area contributed by atoms with Gasteiger partial charge in [0.2, 0.25) is 0 Å². The normalized spacial score (nSPS) is 10.8. The molecule has 0 saturated carbocycles. The summed E-state index contributed by atoms with van der Waals surface area (Å²) >= 11 is 12.0. The van der Waals surface area contributed by atoms with Gasteiger partial charge < -0.3 is 0 Å². The zero-order valence-corrected chi connectivity index (χ0v) is 10.4. The number of nitrogens with zero attached hydrogens (tertiary/aromatic N) is 4. The van der Waals surface area contributed by atoms with Crippen molar-refractivity contribution in [3.05, 3.63) is 28.1 Å². The average molecular weight is 257 g/mol. The first-order chi connectivity index (χ1) is 7.61. The third-order valence-corrected chi connectivity index (χ3v) is 2.83. The van der Waals surface area contributed by atoms with Crippen molar-refractivity contribution in [2.24, 2.45) is 7.05 Å². The minimum absolute atomic E-state index is 0.392. The Bertz CT molecular complexity index is 498. The lowest BCUT2D eigenvalue weighted by molar-refractivity contribution is 0.768. The number of aryl methyl sites for hydroxylation is 1. The van der Waals surface area contributed by atoms with Crippen molar-refractivity contribution >= 4 is 23.2 Å². The molecule has 0 fully saturated rings. The molecule has 0 N–H and O–H groups in total. The van der Waals surface area contributed by atoms with Crippen molar-refractivity contribution < 1.29 is 0 Å². The Hall–Kier alpha value is -1.13. The van der Waals surface area contributed by atoms with Gasteiger partial charge in [0, 0.05) is 18.8 Å². The van der Waals surface area contributed by atoms with Gasteiger partial charge in [0.1, 0.15) is 16.0 Å². The zero-order chi connectivity index (χ0) is 11.7. The van der Waals surface area contributed by atoms with Crippen LogP contribution >= 0.6 is 23.2 Å². The summed E-state index contributed by atoms with van der Waals surface area (Å²) in [7, 11) is 1.83. The molecule has 0 amide bonds. The molecule has 84 valence electrons. The highest BCUT2D eigenvalue weighted by molar-refractivity contribution is 6.34. The second kappa shape index (κ2) is 4.39. The molecule has 0 aliphatic carbocycles. The Labute approximate surface area is 103 Å². The maximum atomic E-state index is 6.02. The minimum atomic E-state index is 0.392. The van der Waals surface area contributed by atoms with E-state index in [2.05, 4.69) is 15.1 Å². The highest BCUT2D eigenvalue weighted by atomic mass is 35.5. The molecule has 2 rings (SSSR count). The van der Waals surface area contributed by atoms with Gasteiger partial charge in [0.25, 0.3) is 0 Å². The predicted molar refractivity (Wildman–Crippen MR) is 63.6 cm³/mol. The molecule has 2 aromatic rings. The van der Waals surface area contributed by atoms with Crippen LogP contribution in [0.25, 0.3) is 11.5 Å². The molecule has 2 heterocycles. The maximum absolute atomic E-state index is 6.02. The van der Waals surface area contributed by atoms with E-state index in [0.29, 0.717) is 28.2 Å². The summed E-state index contributed by atoms with van der Waals surface area (Å²) in [5, 5.41) is 4.98. The Balaban J connectivity index is 2.52. The maximum Gasteiger partial charge on any atom is 0.182 e. The van der Waals surface area contributed by atoms with Crippen LogP contribution in [0.3, 0.4) is 0 Å². The van der Waals surface area contributed by atoms with Crippen LogP contribution in [0.2, 0.25) is 10.3 Å². The van der Waals surface area contributed by atoms with Gasteiger partial charge in [-0.25, -0.2) is 9.97 Å². The second-order valence-electron chi connectivity index (χ2n) is 3.34. The summed E-state index contributed by atoms with van der Waals surface area (Å²) in [6, 6.07) is 1.81. The molecule has 0 saturated heterocycles. The van der Waals surface area contributed by atoms with Gasteiger partial charge in [-0.1, -0.05) is 30.1 Å². The third kappa shape index (κ3) is 2.03. The lowest BCUT2D eigenvalue weighted by atomic mass is 10.2. The van der Waals surface area contributed by atoms with E-state index in [4.69, 9.17) is 23.2 Å². The molecule has 0 bridgehead atoms. The summed E-state index contributed by atoms with van der Waals surface area (Å²) in [4.78, 5) is 8.36. The van der Waals surface area contributed by atoms with Crippen LogP contribution in [0.1, 0.15) is 12.5 Å². The fraction of sp³-hybridized carbons (Fsp3) is 0.300. The zero-order valence-electron chi connectivity index (χ0n) is 8.91. The van der Waals surface area contributed by atoms with E-state index in [1.165, 1.54) is 0 Å². The topological polar surface area (TPSA) is 43.6 Å². The summed E-state index contributed by atoms with van der Waals surface area (Å²) < 4.78 is 1.67. The molecule has 0 aliphatic heterocycles. The lowest BCUT2D eigenvalue weighted by Crippen LogP contribution is -1.97. The summed E-state index contributed by atoms with van der Waals surface area (Å²) in [5.74, 6) is 0.452. The molecular formula is C10H10Cl2N4. The highest BCUT2D eigenvalue weighted by Crippen LogP contribution is 2.24. The van der Waals surface area contributed by atoms with Crippen molar-refractivity contribution in [1.29, 1.82) is 0 Å². The van der Waals surface area contributed by atoms with E-state index in [1.54, 1.807) is 4.68 Å². The van der Waals surface area contributed by atoms with Gasteiger partial charge in [-0.3, -0.25) is 4.68 Å². The van der Waals surface area contributed by atoms with Gasteiger partial charge in [0.15, 0.2) is 5.82 Å². The van der Waals surface area contributed by atoms with Crippen LogP contribution in [0, 0.1) is 0 Å². The smallest absolute Gasteiger partial charge is 0.182 e. The van der Waals surface area contributed by atoms with Crippen molar-refractivity contribution in [3.63, 3.8) is 0 Å². The first-order valence-electron chi connectivity index (χ1n) is 4.83. The van der Waals surface area contributed by atoms with Crippen molar-refractivity contribution in [2.45, 2.75) is 13.3 Å². The SMILES string of the molecule is CCc1c(Cl)nc(-c2ccn(C)n2)nc1Cl. The fourth-order valence-electron chi connectivity index (χ4n) is 1.37. The summed E-state index contributed by atoms with van der Waals surface area (Å²) in [6.07, 6.45) is 2.52. The Morgan fingerprint density at radius 3 is 2.31 bits per heavy atom. The second-order valence-corrected chi connectivity index (χ2v) is 4.05. The highest BCUT2D eigenvalue weighted by Gasteiger charge is 2.12. The molecule has 0 atom stereocenters. The van der Waals surface area contributed by atoms with E-state index in [-0.39, 0.29) is 0 Å². The Morgan fingerprint density at radius 2 is 1.88 bits per heavy atom. The minimum Gasteiger partial charge on any atom is -0.275 e. The van der Waals surface area contributed by atoms with E-state index in [1.807, 2.05) is 26.2 Å². The summed E-state index contributed by atoms with van der Waals surface area (Å²) in [5.41, 5.74) is 1.43. The Kier molecular flexibility index (Phi) is 3.12. The van der Waals surface area contributed by atoms with Gasteiger partial charge in [-0.05, 0) is 12.5 Å². The van der Waals surface area contributed by atoms with Gasteiger partial charge in [-0.15, -0.1) is 0 Å². The average Bonchev–Trinajstić information content (AvgIpc) is 2.64. The molecule has 2 aromatic heterocycles. The number of hydrogen-bond donors (Lipinski definition) is 0. The quantitative estimate of drug-likeness (QED) is 0.777. The molecule has 6 heteroatoms. The van der Waals surface area contributed by atoms with Gasteiger partial charge >= 0.3 is 0 Å². The molecule has 0 aromatic carbocycles. The lowest BCUT2D eigenvalue weighted by Gasteiger charge is -2.04. The summed E-state index contributed by atoms with van der Waals surface area (Å²) in [6.45, 7) is 1.96. The fourth-order valence-corrected chi connectivity index (χ4v) is 2.03. The number of rotatable bonds is 2. The number of halogens is 2. The van der Waals surface area contributed by atoms with E-state index in [9.17, 15) is 0 Å². The van der Waals surface area contributed by atoms with E-state index < -0.39 is 0 Å². The van der Waals surface area contributed by atoms with Crippen LogP contribution in [-0.2, 0) is 13.5 Å². The molecule has 0 spiro atoms. The first kappa shape index (κ1) is 11.4. The monoisotopic (exact) mass is 256 g/mol. The van der Waals surface area contributed by atoms with Crippen LogP contribution in [0.15, 0.2) is 12.3 Å². The van der Waals surface area contributed by atoms with Crippen LogP contribution in [0.4, 0.5) is 0 Å². The van der Waals surface area contributed by atoms with E-state index in [0.717, 1.165) is 5.56 Å². The molecular weight excluding hydrogens is 247 g/mol. The van der Waals surface area contributed by atoms with Crippen LogP contribution in [0.5, 0.6) is 0 Å². The first-order valence-corrected chi connectivity index (χ1v) is 5.59. The Morgan fingerprint density at radius 1 is 1.25 bits per heavy atom. The largest absolute Gasteiger partial charge is 0.275 e.